The summed E-state index contributed by atoms with van der Waals surface area (Å²) in [6.07, 6.45) is 0.373. The monoisotopic (exact) mass is 471 g/mol. The Bertz CT molecular complexity index is 935. The number of halogens is 1. The van der Waals surface area contributed by atoms with Crippen molar-refractivity contribution in [2.24, 2.45) is 0 Å². The van der Waals surface area contributed by atoms with E-state index in [9.17, 15) is 22.8 Å². The van der Waals surface area contributed by atoms with Gasteiger partial charge in [-0.2, -0.15) is 0 Å². The van der Waals surface area contributed by atoms with Crippen LogP contribution in [0.2, 0.25) is 0 Å². The van der Waals surface area contributed by atoms with Gasteiger partial charge in [-0.1, -0.05) is 28.1 Å². The Morgan fingerprint density at radius 3 is 2.68 bits per heavy atom. The smallest absolute Gasteiger partial charge is 0.325 e. The van der Waals surface area contributed by atoms with Crippen LogP contribution >= 0.6 is 15.9 Å². The Kier molecular flexibility index (Phi) is 5.55. The zero-order valence-electron chi connectivity index (χ0n) is 15.6. The number of sulfone groups is 1. The van der Waals surface area contributed by atoms with Crippen molar-refractivity contribution in [1.82, 2.24) is 15.1 Å². The first-order valence-corrected chi connectivity index (χ1v) is 11.6. The van der Waals surface area contributed by atoms with E-state index < -0.39 is 45.8 Å². The number of benzene rings is 1. The molecule has 1 N–H and O–H groups in total. The Morgan fingerprint density at radius 1 is 1.39 bits per heavy atom. The molecular formula is C18H22BrN3O5S. The molecule has 1 aromatic carbocycles. The van der Waals surface area contributed by atoms with Gasteiger partial charge in [0.25, 0.3) is 5.91 Å². The normalized spacial score (nSPS) is 26.4. The number of carbonyl (C=O) groups is 3. The molecule has 0 saturated carbocycles. The van der Waals surface area contributed by atoms with Crippen LogP contribution in [0.25, 0.3) is 0 Å². The van der Waals surface area contributed by atoms with Gasteiger partial charge in [-0.25, -0.2) is 13.2 Å². The van der Waals surface area contributed by atoms with Gasteiger partial charge in [-0.3, -0.25) is 14.5 Å². The fourth-order valence-corrected chi connectivity index (χ4v) is 5.85. The average molecular weight is 472 g/mol. The van der Waals surface area contributed by atoms with Crippen LogP contribution in [0.3, 0.4) is 0 Å². The van der Waals surface area contributed by atoms with E-state index in [-0.39, 0.29) is 11.5 Å². The lowest BCUT2D eigenvalue weighted by Gasteiger charge is -2.28. The van der Waals surface area contributed by atoms with Gasteiger partial charge in [0, 0.05) is 17.1 Å². The van der Waals surface area contributed by atoms with E-state index in [1.54, 1.807) is 32.0 Å². The summed E-state index contributed by atoms with van der Waals surface area (Å²) in [6, 6.07) is 5.98. The summed E-state index contributed by atoms with van der Waals surface area (Å²) in [5.41, 5.74) is -0.668. The molecule has 2 aliphatic rings. The minimum atomic E-state index is -3.15. The third-order valence-electron chi connectivity index (χ3n) is 5.28. The molecule has 2 fully saturated rings. The molecule has 2 aliphatic heterocycles. The van der Waals surface area contributed by atoms with E-state index in [2.05, 4.69) is 21.2 Å². The summed E-state index contributed by atoms with van der Waals surface area (Å²) in [5.74, 6) is -0.987. The van der Waals surface area contributed by atoms with E-state index in [4.69, 9.17) is 0 Å². The number of rotatable bonds is 5. The summed E-state index contributed by atoms with van der Waals surface area (Å²) in [7, 11) is -3.15. The molecule has 0 aromatic heterocycles. The fourth-order valence-electron chi connectivity index (χ4n) is 3.72. The van der Waals surface area contributed by atoms with Crippen molar-refractivity contribution >= 4 is 43.6 Å². The average Bonchev–Trinajstić information content (AvgIpc) is 3.08. The van der Waals surface area contributed by atoms with Crippen molar-refractivity contribution in [3.8, 4) is 0 Å². The van der Waals surface area contributed by atoms with Gasteiger partial charge in [0.05, 0.1) is 11.5 Å². The predicted octanol–water partition coefficient (Wildman–Crippen LogP) is 1.25. The van der Waals surface area contributed by atoms with Gasteiger partial charge >= 0.3 is 6.03 Å². The Hall–Kier alpha value is -1.94. The zero-order valence-corrected chi connectivity index (χ0v) is 18.0. The molecule has 4 amide bonds. The highest BCUT2D eigenvalue weighted by Crippen LogP contribution is 2.30. The molecule has 2 atom stereocenters. The maximum atomic E-state index is 13.0. The second kappa shape index (κ2) is 7.47. The third-order valence-corrected chi connectivity index (χ3v) is 7.52. The number of amides is 4. The van der Waals surface area contributed by atoms with Gasteiger partial charge in [0.15, 0.2) is 9.84 Å². The topological polar surface area (TPSA) is 104 Å². The maximum absolute atomic E-state index is 13.0. The highest BCUT2D eigenvalue weighted by atomic mass is 79.9. The Balaban J connectivity index is 1.77. The van der Waals surface area contributed by atoms with Crippen LogP contribution in [0.1, 0.15) is 25.8 Å². The van der Waals surface area contributed by atoms with Crippen molar-refractivity contribution < 1.29 is 22.8 Å². The highest BCUT2D eigenvalue weighted by molar-refractivity contribution is 9.10. The van der Waals surface area contributed by atoms with Gasteiger partial charge < -0.3 is 10.2 Å². The summed E-state index contributed by atoms with van der Waals surface area (Å²) >= 11 is 3.35. The second-order valence-electron chi connectivity index (χ2n) is 7.19. The Morgan fingerprint density at radius 2 is 2.11 bits per heavy atom. The van der Waals surface area contributed by atoms with E-state index in [0.717, 1.165) is 9.37 Å². The maximum Gasteiger partial charge on any atom is 0.325 e. The lowest BCUT2D eigenvalue weighted by Crippen LogP contribution is -2.48. The molecule has 0 radical (unpaired) electrons. The number of nitrogens with zero attached hydrogens (tertiary/aromatic N) is 2. The van der Waals surface area contributed by atoms with E-state index in [1.165, 1.54) is 4.90 Å². The van der Waals surface area contributed by atoms with E-state index in [0.29, 0.717) is 18.5 Å². The molecule has 3 rings (SSSR count). The first kappa shape index (κ1) is 20.8. The first-order valence-electron chi connectivity index (χ1n) is 8.97. The van der Waals surface area contributed by atoms with Gasteiger partial charge in [0.2, 0.25) is 5.91 Å². The minimum Gasteiger partial charge on any atom is -0.337 e. The molecular weight excluding hydrogens is 450 g/mol. The van der Waals surface area contributed by atoms with Gasteiger partial charge in [0.1, 0.15) is 12.1 Å². The third kappa shape index (κ3) is 3.80. The van der Waals surface area contributed by atoms with E-state index >= 15 is 0 Å². The van der Waals surface area contributed by atoms with Crippen LogP contribution in [0.5, 0.6) is 0 Å². The minimum absolute atomic E-state index is 0.0472. The van der Waals surface area contributed by atoms with Crippen molar-refractivity contribution in [2.45, 2.75) is 31.8 Å². The number of urea groups is 1. The molecule has 2 saturated heterocycles. The van der Waals surface area contributed by atoms with Gasteiger partial charge in [-0.15, -0.1) is 0 Å². The summed E-state index contributed by atoms with van der Waals surface area (Å²) in [4.78, 5) is 40.5. The number of hydrogen-bond donors (Lipinski definition) is 1. The number of hydrogen-bond acceptors (Lipinski definition) is 5. The second-order valence-corrected chi connectivity index (χ2v) is 10.3. The quantitative estimate of drug-likeness (QED) is 0.650. The van der Waals surface area contributed by atoms with Crippen LogP contribution in [-0.2, 0) is 25.0 Å². The molecule has 1 aromatic rings. The summed E-state index contributed by atoms with van der Waals surface area (Å²) in [5, 5.41) is 2.67. The van der Waals surface area contributed by atoms with E-state index in [1.807, 2.05) is 6.07 Å². The fraction of sp³-hybridized carbons (Fsp3) is 0.500. The molecule has 8 nitrogen and oxygen atoms in total. The molecule has 2 heterocycles. The SMILES string of the molecule is CCN(C(=O)CN1C(=O)N[C@](C)(c2cccc(Br)c2)C1=O)[C@@H]1CCS(=O)(=O)C1. The molecule has 0 bridgehead atoms. The molecule has 10 heteroatoms. The van der Waals surface area contributed by atoms with Crippen molar-refractivity contribution in [2.75, 3.05) is 24.6 Å². The van der Waals surface area contributed by atoms with Crippen LogP contribution in [0.4, 0.5) is 4.79 Å². The number of likely N-dealkylation sites (N-methyl/N-ethyl adjacent to an activating group) is 1. The Labute approximate surface area is 172 Å². The lowest BCUT2D eigenvalue weighted by molar-refractivity contribution is -0.139. The molecule has 152 valence electrons. The summed E-state index contributed by atoms with van der Waals surface area (Å²) in [6.45, 7) is 3.24. The number of carbonyl (C=O) groups excluding carboxylic acids is 3. The largest absolute Gasteiger partial charge is 0.337 e. The molecule has 0 spiro atoms. The highest BCUT2D eigenvalue weighted by Gasteiger charge is 2.50. The first-order chi connectivity index (χ1) is 13.1. The number of imide groups is 1. The van der Waals surface area contributed by atoms with Gasteiger partial charge in [-0.05, 0) is 38.0 Å². The van der Waals surface area contributed by atoms with Crippen molar-refractivity contribution in [1.29, 1.82) is 0 Å². The molecule has 0 unspecified atom stereocenters. The molecule has 28 heavy (non-hydrogen) atoms. The summed E-state index contributed by atoms with van der Waals surface area (Å²) < 4.78 is 24.2. The lowest BCUT2D eigenvalue weighted by atomic mass is 9.92. The predicted molar refractivity (Wildman–Crippen MR) is 106 cm³/mol. The zero-order chi connectivity index (χ0) is 20.7. The van der Waals surface area contributed by atoms with Crippen LogP contribution in [0, 0.1) is 0 Å². The van der Waals surface area contributed by atoms with Crippen LogP contribution in [0.15, 0.2) is 28.7 Å². The van der Waals surface area contributed by atoms with Crippen molar-refractivity contribution in [3.05, 3.63) is 34.3 Å². The standard InChI is InChI=1S/C18H22BrN3O5S/c1-3-21(14-7-8-28(26,27)11-14)15(23)10-22-16(24)18(2,20-17(22)25)12-5-4-6-13(19)9-12/h4-6,9,14H,3,7-8,10-11H2,1-2H3,(H,20,25)/t14-,18-/m1/s1. The molecule has 0 aliphatic carbocycles. The van der Waals surface area contributed by atoms with Crippen LogP contribution in [-0.4, -0.2) is 66.7 Å². The number of nitrogens with one attached hydrogen (secondary N) is 1. The van der Waals surface area contributed by atoms with Crippen LogP contribution < -0.4 is 5.32 Å². The van der Waals surface area contributed by atoms with Crippen molar-refractivity contribution in [3.63, 3.8) is 0 Å².